The number of nitrogens with zero attached hydrogens (tertiary/aromatic N) is 2. The average Bonchev–Trinajstić information content (AvgIpc) is 2.77. The molecule has 5 nitrogen and oxygen atoms in total. The van der Waals surface area contributed by atoms with Crippen molar-refractivity contribution in [2.24, 2.45) is 0 Å². The minimum Gasteiger partial charge on any atom is -0.398 e. The number of aryl methyl sites for hydroxylation is 1. The van der Waals surface area contributed by atoms with Crippen LogP contribution in [-0.4, -0.2) is 23.0 Å². The van der Waals surface area contributed by atoms with Crippen molar-refractivity contribution in [2.75, 3.05) is 12.8 Å². The highest BCUT2D eigenvalue weighted by Crippen LogP contribution is 2.13. The van der Waals surface area contributed by atoms with Gasteiger partial charge in [-0.2, -0.15) is 0 Å². The molecule has 2 rings (SSSR count). The maximum absolute atomic E-state index is 12.1. The lowest BCUT2D eigenvalue weighted by atomic mass is 10.1. The lowest BCUT2D eigenvalue weighted by molar-refractivity contribution is -0.129. The van der Waals surface area contributed by atoms with Crippen molar-refractivity contribution in [1.82, 2.24) is 10.1 Å². The molecule has 100 valence electrons. The van der Waals surface area contributed by atoms with Gasteiger partial charge >= 0.3 is 0 Å². The molecule has 0 spiro atoms. The van der Waals surface area contributed by atoms with Crippen LogP contribution in [0.3, 0.4) is 0 Å². The van der Waals surface area contributed by atoms with Gasteiger partial charge in [0.05, 0.1) is 13.0 Å². The zero-order chi connectivity index (χ0) is 13.8. The van der Waals surface area contributed by atoms with Gasteiger partial charge in [0, 0.05) is 18.8 Å². The average molecular weight is 259 g/mol. The van der Waals surface area contributed by atoms with E-state index in [4.69, 9.17) is 10.3 Å². The first kappa shape index (κ1) is 13.1. The van der Waals surface area contributed by atoms with E-state index in [-0.39, 0.29) is 5.91 Å². The fourth-order valence-electron chi connectivity index (χ4n) is 1.82. The number of carbonyl (C=O) groups excluding carboxylic acids is 1. The highest BCUT2D eigenvalue weighted by Gasteiger charge is 2.13. The summed E-state index contributed by atoms with van der Waals surface area (Å²) in [5, 5.41) is 3.87. The quantitative estimate of drug-likeness (QED) is 0.849. The molecular formula is C14H17N3O2. The number of likely N-dealkylation sites (N-methyl/N-ethyl adjacent to an activating group) is 1. The molecule has 1 aromatic heterocycles. The van der Waals surface area contributed by atoms with Gasteiger partial charge in [-0.3, -0.25) is 4.79 Å². The lowest BCUT2D eigenvalue weighted by Gasteiger charge is -2.16. The highest BCUT2D eigenvalue weighted by atomic mass is 16.5. The molecule has 0 saturated carbocycles. The van der Waals surface area contributed by atoms with Gasteiger partial charge in [0.25, 0.3) is 0 Å². The van der Waals surface area contributed by atoms with Gasteiger partial charge in [-0.1, -0.05) is 23.4 Å². The Kier molecular flexibility index (Phi) is 3.85. The number of benzene rings is 1. The largest absolute Gasteiger partial charge is 0.398 e. The topological polar surface area (TPSA) is 72.4 Å². The zero-order valence-electron chi connectivity index (χ0n) is 11.1. The summed E-state index contributed by atoms with van der Waals surface area (Å²) in [6, 6.07) is 9.21. The first-order valence-electron chi connectivity index (χ1n) is 6.06. The van der Waals surface area contributed by atoms with Crippen LogP contribution in [0.15, 0.2) is 34.9 Å². The first-order chi connectivity index (χ1) is 9.06. The summed E-state index contributed by atoms with van der Waals surface area (Å²) in [5.74, 6) is 0.738. The standard InChI is InChI=1S/C14H17N3O2/c1-10-7-12(16-19-10)9-17(2)14(18)8-11-5-3-4-6-13(11)15/h3-7H,8-9,15H2,1-2H3. The number of rotatable bonds is 4. The van der Waals surface area contributed by atoms with Gasteiger partial charge in [0.15, 0.2) is 0 Å². The third kappa shape index (κ3) is 3.34. The predicted molar refractivity (Wildman–Crippen MR) is 72.3 cm³/mol. The van der Waals surface area contributed by atoms with Crippen molar-refractivity contribution in [3.63, 3.8) is 0 Å². The molecule has 1 amide bonds. The van der Waals surface area contributed by atoms with E-state index in [1.165, 1.54) is 0 Å². The van der Waals surface area contributed by atoms with Crippen molar-refractivity contribution in [2.45, 2.75) is 19.9 Å². The molecule has 0 saturated heterocycles. The molecule has 1 aromatic carbocycles. The number of aromatic nitrogens is 1. The van der Waals surface area contributed by atoms with Gasteiger partial charge in [-0.05, 0) is 18.6 Å². The normalized spacial score (nSPS) is 10.4. The second kappa shape index (κ2) is 5.56. The Labute approximate surface area is 112 Å². The van der Waals surface area contributed by atoms with Crippen LogP contribution < -0.4 is 5.73 Å². The summed E-state index contributed by atoms with van der Waals surface area (Å²) < 4.78 is 4.97. The van der Waals surface area contributed by atoms with E-state index in [0.29, 0.717) is 18.7 Å². The Balaban J connectivity index is 1.98. The Bertz CT molecular complexity index is 578. The summed E-state index contributed by atoms with van der Waals surface area (Å²) in [5.41, 5.74) is 8.06. The molecule has 0 aliphatic rings. The van der Waals surface area contributed by atoms with Crippen LogP contribution in [0.25, 0.3) is 0 Å². The van der Waals surface area contributed by atoms with Crippen LogP contribution in [0.2, 0.25) is 0 Å². The Hall–Kier alpha value is -2.30. The highest BCUT2D eigenvalue weighted by molar-refractivity contribution is 5.80. The minimum absolute atomic E-state index is 0.00134. The van der Waals surface area contributed by atoms with Crippen molar-refractivity contribution in [1.29, 1.82) is 0 Å². The summed E-state index contributed by atoms with van der Waals surface area (Å²) >= 11 is 0. The van der Waals surface area contributed by atoms with E-state index < -0.39 is 0 Å². The van der Waals surface area contributed by atoms with Crippen LogP contribution in [0.5, 0.6) is 0 Å². The number of nitrogens with two attached hydrogens (primary N) is 1. The van der Waals surface area contributed by atoms with Gasteiger partial charge in [0.1, 0.15) is 11.5 Å². The molecule has 0 unspecified atom stereocenters. The van der Waals surface area contributed by atoms with Crippen molar-refractivity contribution in [3.8, 4) is 0 Å². The van der Waals surface area contributed by atoms with Gasteiger partial charge < -0.3 is 15.2 Å². The zero-order valence-corrected chi connectivity index (χ0v) is 11.1. The number of nitrogen functional groups attached to an aromatic ring is 1. The molecule has 0 radical (unpaired) electrons. The van der Waals surface area contributed by atoms with Crippen LogP contribution in [0.1, 0.15) is 17.0 Å². The second-order valence-corrected chi connectivity index (χ2v) is 4.55. The molecule has 2 N–H and O–H groups in total. The van der Waals surface area contributed by atoms with E-state index in [9.17, 15) is 4.79 Å². The molecule has 0 atom stereocenters. The van der Waals surface area contributed by atoms with Crippen molar-refractivity contribution >= 4 is 11.6 Å². The Morgan fingerprint density at radius 1 is 1.42 bits per heavy atom. The third-order valence-electron chi connectivity index (χ3n) is 2.90. The number of hydrogen-bond donors (Lipinski definition) is 1. The summed E-state index contributed by atoms with van der Waals surface area (Å²) in [6.07, 6.45) is 0.292. The lowest BCUT2D eigenvalue weighted by Crippen LogP contribution is -2.28. The molecule has 0 fully saturated rings. The molecule has 5 heteroatoms. The van der Waals surface area contributed by atoms with Gasteiger partial charge in [0.2, 0.25) is 5.91 Å². The summed E-state index contributed by atoms with van der Waals surface area (Å²) in [4.78, 5) is 13.7. The van der Waals surface area contributed by atoms with Crippen LogP contribution in [0.4, 0.5) is 5.69 Å². The maximum atomic E-state index is 12.1. The molecule has 0 bridgehead atoms. The Morgan fingerprint density at radius 2 is 2.16 bits per heavy atom. The van der Waals surface area contributed by atoms with Gasteiger partial charge in [-0.25, -0.2) is 0 Å². The van der Waals surface area contributed by atoms with Crippen LogP contribution in [-0.2, 0) is 17.8 Å². The molecule has 0 aliphatic heterocycles. The van der Waals surface area contributed by atoms with Crippen LogP contribution >= 0.6 is 0 Å². The fraction of sp³-hybridized carbons (Fsp3) is 0.286. The molecule has 1 heterocycles. The fourth-order valence-corrected chi connectivity index (χ4v) is 1.82. The number of para-hydroxylation sites is 1. The minimum atomic E-state index is -0.00134. The first-order valence-corrected chi connectivity index (χ1v) is 6.06. The smallest absolute Gasteiger partial charge is 0.227 e. The summed E-state index contributed by atoms with van der Waals surface area (Å²) in [7, 11) is 1.74. The van der Waals surface area contributed by atoms with Crippen molar-refractivity contribution in [3.05, 3.63) is 47.3 Å². The van der Waals surface area contributed by atoms with E-state index in [1.807, 2.05) is 31.2 Å². The van der Waals surface area contributed by atoms with E-state index in [2.05, 4.69) is 5.16 Å². The van der Waals surface area contributed by atoms with E-state index in [0.717, 1.165) is 17.0 Å². The number of carbonyl (C=O) groups is 1. The molecular weight excluding hydrogens is 242 g/mol. The maximum Gasteiger partial charge on any atom is 0.227 e. The predicted octanol–water partition coefficient (Wildman–Crippen LogP) is 1.77. The number of amides is 1. The second-order valence-electron chi connectivity index (χ2n) is 4.55. The number of hydrogen-bond acceptors (Lipinski definition) is 4. The molecule has 19 heavy (non-hydrogen) atoms. The van der Waals surface area contributed by atoms with E-state index >= 15 is 0 Å². The van der Waals surface area contributed by atoms with Gasteiger partial charge in [-0.15, -0.1) is 0 Å². The SMILES string of the molecule is Cc1cc(CN(C)C(=O)Cc2ccccc2N)no1. The summed E-state index contributed by atoms with van der Waals surface area (Å²) in [6.45, 7) is 2.26. The van der Waals surface area contributed by atoms with Crippen LogP contribution in [0, 0.1) is 6.92 Å². The number of anilines is 1. The van der Waals surface area contributed by atoms with Crippen molar-refractivity contribution < 1.29 is 9.32 Å². The molecule has 2 aromatic rings. The Morgan fingerprint density at radius 3 is 2.79 bits per heavy atom. The van der Waals surface area contributed by atoms with E-state index in [1.54, 1.807) is 18.0 Å². The molecule has 0 aliphatic carbocycles. The third-order valence-corrected chi connectivity index (χ3v) is 2.90. The monoisotopic (exact) mass is 259 g/mol.